The fourth-order valence-electron chi connectivity index (χ4n) is 3.95. The van der Waals surface area contributed by atoms with Crippen LogP contribution >= 0.6 is 31.9 Å². The van der Waals surface area contributed by atoms with Gasteiger partial charge >= 0.3 is 0 Å². The van der Waals surface area contributed by atoms with Crippen molar-refractivity contribution in [1.29, 1.82) is 0 Å². The highest BCUT2D eigenvalue weighted by Crippen LogP contribution is 2.49. The third-order valence-corrected chi connectivity index (χ3v) is 7.70. The van der Waals surface area contributed by atoms with Crippen LogP contribution in [0.25, 0.3) is 0 Å². The maximum absolute atomic E-state index is 13.5. The molecule has 0 heterocycles. The fourth-order valence-corrected chi connectivity index (χ4v) is 6.22. The standard InChI is InChI=1S/C25H18Br2O3/c1-15-11-13-17(14-12-15)22(28)21(26)20(16-7-3-2-4-8-16)25(27)23(29)18-9-5-6-10-19(18)24(25)30/h2-14,20-21H,1H3/t20-,21-/m1/s1. The first-order valence-electron chi connectivity index (χ1n) is 9.53. The number of ketones is 3. The Labute approximate surface area is 191 Å². The number of halogens is 2. The minimum absolute atomic E-state index is 0.181. The van der Waals surface area contributed by atoms with Gasteiger partial charge in [0.2, 0.25) is 0 Å². The number of alkyl halides is 2. The van der Waals surface area contributed by atoms with Gasteiger partial charge < -0.3 is 0 Å². The molecule has 0 N–H and O–H groups in total. The van der Waals surface area contributed by atoms with Gasteiger partial charge in [-0.2, -0.15) is 0 Å². The lowest BCUT2D eigenvalue weighted by Gasteiger charge is -2.33. The molecule has 4 rings (SSSR count). The lowest BCUT2D eigenvalue weighted by Crippen LogP contribution is -2.46. The van der Waals surface area contributed by atoms with Crippen molar-refractivity contribution in [3.63, 3.8) is 0 Å². The number of Topliss-reactive ketones (excluding diaryl/α,β-unsaturated/α-hetero) is 3. The fraction of sp³-hybridized carbons (Fsp3) is 0.160. The normalized spacial score (nSPS) is 16.8. The maximum Gasteiger partial charge on any atom is 0.188 e. The van der Waals surface area contributed by atoms with Gasteiger partial charge in [-0.3, -0.25) is 14.4 Å². The van der Waals surface area contributed by atoms with E-state index in [4.69, 9.17) is 0 Å². The van der Waals surface area contributed by atoms with Crippen LogP contribution in [-0.2, 0) is 0 Å². The van der Waals surface area contributed by atoms with E-state index < -0.39 is 15.1 Å². The van der Waals surface area contributed by atoms with Crippen molar-refractivity contribution < 1.29 is 14.4 Å². The molecule has 0 saturated heterocycles. The lowest BCUT2D eigenvalue weighted by molar-refractivity contribution is 0.0844. The number of rotatable bonds is 5. The second-order valence-electron chi connectivity index (χ2n) is 7.44. The van der Waals surface area contributed by atoms with E-state index in [9.17, 15) is 14.4 Å². The zero-order chi connectivity index (χ0) is 21.5. The minimum Gasteiger partial charge on any atom is -0.293 e. The van der Waals surface area contributed by atoms with Crippen molar-refractivity contribution >= 4 is 49.2 Å². The number of aryl methyl sites for hydroxylation is 1. The Hall–Kier alpha value is -2.37. The number of hydrogen-bond donors (Lipinski definition) is 0. The summed E-state index contributed by atoms with van der Waals surface area (Å²) in [4.78, 5) is 39.5. The van der Waals surface area contributed by atoms with Crippen molar-refractivity contribution in [3.8, 4) is 0 Å². The Balaban J connectivity index is 1.84. The first kappa shape index (κ1) is 20.9. The summed E-state index contributed by atoms with van der Waals surface area (Å²) in [6.07, 6.45) is 0. The second-order valence-corrected chi connectivity index (χ2v) is 9.67. The molecular formula is C25H18Br2O3. The Kier molecular flexibility index (Phi) is 5.60. The van der Waals surface area contributed by atoms with Gasteiger partial charge in [-0.15, -0.1) is 0 Å². The second kappa shape index (κ2) is 8.05. The van der Waals surface area contributed by atoms with Crippen LogP contribution in [0.4, 0.5) is 0 Å². The molecule has 1 aliphatic rings. The van der Waals surface area contributed by atoms with Crippen molar-refractivity contribution in [2.45, 2.75) is 22.0 Å². The zero-order valence-corrected chi connectivity index (χ0v) is 19.3. The minimum atomic E-state index is -1.56. The molecule has 0 aromatic heterocycles. The van der Waals surface area contributed by atoms with Gasteiger partial charge in [0.25, 0.3) is 0 Å². The van der Waals surface area contributed by atoms with Crippen LogP contribution in [0, 0.1) is 6.92 Å². The molecule has 0 fully saturated rings. The van der Waals surface area contributed by atoms with Crippen LogP contribution in [0.15, 0.2) is 78.9 Å². The Morgan fingerprint density at radius 3 is 1.83 bits per heavy atom. The van der Waals surface area contributed by atoms with E-state index >= 15 is 0 Å². The number of hydrogen-bond acceptors (Lipinski definition) is 3. The number of benzene rings is 3. The quantitative estimate of drug-likeness (QED) is 0.235. The molecule has 30 heavy (non-hydrogen) atoms. The summed E-state index contributed by atoms with van der Waals surface area (Å²) in [5, 5.41) is 0. The van der Waals surface area contributed by atoms with Crippen molar-refractivity contribution in [2.75, 3.05) is 0 Å². The molecule has 0 amide bonds. The molecule has 3 aromatic carbocycles. The molecule has 0 radical (unpaired) electrons. The molecule has 0 saturated carbocycles. The maximum atomic E-state index is 13.5. The van der Waals surface area contributed by atoms with Gasteiger partial charge in [-0.05, 0) is 12.5 Å². The summed E-state index contributed by atoms with van der Waals surface area (Å²) in [5.41, 5.74) is 3.05. The monoisotopic (exact) mass is 524 g/mol. The van der Waals surface area contributed by atoms with Crippen molar-refractivity contribution in [2.24, 2.45) is 0 Å². The van der Waals surface area contributed by atoms with E-state index in [2.05, 4.69) is 31.9 Å². The Bertz CT molecular complexity index is 1100. The first-order chi connectivity index (χ1) is 14.4. The average Bonchev–Trinajstić information content (AvgIpc) is 2.96. The van der Waals surface area contributed by atoms with Crippen LogP contribution in [-0.4, -0.2) is 26.5 Å². The van der Waals surface area contributed by atoms with E-state index in [0.717, 1.165) is 11.1 Å². The van der Waals surface area contributed by atoms with Crippen LogP contribution in [0.2, 0.25) is 0 Å². The smallest absolute Gasteiger partial charge is 0.188 e. The molecule has 0 bridgehead atoms. The van der Waals surface area contributed by atoms with Crippen LogP contribution in [0.3, 0.4) is 0 Å². The third-order valence-electron chi connectivity index (χ3n) is 5.54. The molecule has 0 unspecified atom stereocenters. The molecule has 150 valence electrons. The van der Waals surface area contributed by atoms with Crippen LogP contribution in [0.5, 0.6) is 0 Å². The van der Waals surface area contributed by atoms with E-state index in [1.165, 1.54) is 0 Å². The molecule has 3 aromatic rings. The third kappa shape index (κ3) is 3.30. The average molecular weight is 526 g/mol. The Morgan fingerprint density at radius 2 is 1.30 bits per heavy atom. The molecule has 2 atom stereocenters. The predicted molar refractivity (Wildman–Crippen MR) is 124 cm³/mol. The van der Waals surface area contributed by atoms with Crippen molar-refractivity contribution in [1.82, 2.24) is 0 Å². The molecule has 5 heteroatoms. The molecule has 1 aliphatic carbocycles. The highest BCUT2D eigenvalue weighted by Gasteiger charge is 2.59. The van der Waals surface area contributed by atoms with Gasteiger partial charge in [0, 0.05) is 22.6 Å². The van der Waals surface area contributed by atoms with Crippen LogP contribution in [0.1, 0.15) is 48.1 Å². The lowest BCUT2D eigenvalue weighted by atomic mass is 9.78. The van der Waals surface area contributed by atoms with Gasteiger partial charge in [0.15, 0.2) is 21.7 Å². The molecular weight excluding hydrogens is 508 g/mol. The summed E-state index contributed by atoms with van der Waals surface area (Å²) < 4.78 is -1.56. The number of fused-ring (bicyclic) bond motifs is 1. The van der Waals surface area contributed by atoms with E-state index in [1.807, 2.05) is 49.4 Å². The van der Waals surface area contributed by atoms with E-state index in [0.29, 0.717) is 16.7 Å². The zero-order valence-electron chi connectivity index (χ0n) is 16.1. The highest BCUT2D eigenvalue weighted by atomic mass is 79.9. The van der Waals surface area contributed by atoms with Crippen LogP contribution < -0.4 is 0 Å². The highest BCUT2D eigenvalue weighted by molar-refractivity contribution is 9.11. The van der Waals surface area contributed by atoms with Gasteiger partial charge in [-0.25, -0.2) is 0 Å². The predicted octanol–water partition coefficient (Wildman–Crippen LogP) is 5.94. The Morgan fingerprint density at radius 1 is 0.800 bits per heavy atom. The SMILES string of the molecule is Cc1ccc(C(=O)[C@H](Br)[C@@H](c2ccccc2)C2(Br)C(=O)c3ccccc3C2=O)cc1. The summed E-state index contributed by atoms with van der Waals surface area (Å²) in [7, 11) is 0. The van der Waals surface area contributed by atoms with E-state index in [-0.39, 0.29) is 17.3 Å². The molecule has 0 aliphatic heterocycles. The number of carbonyl (C=O) groups is 3. The van der Waals surface area contributed by atoms with Gasteiger partial charge in [0.05, 0.1) is 4.83 Å². The van der Waals surface area contributed by atoms with Gasteiger partial charge in [-0.1, -0.05) is 116 Å². The number of carbonyl (C=O) groups excluding carboxylic acids is 3. The summed E-state index contributed by atoms with van der Waals surface area (Å²) in [6, 6.07) is 23.3. The summed E-state index contributed by atoms with van der Waals surface area (Å²) in [5.74, 6) is -1.56. The summed E-state index contributed by atoms with van der Waals surface area (Å²) >= 11 is 7.10. The topological polar surface area (TPSA) is 51.2 Å². The first-order valence-corrected chi connectivity index (χ1v) is 11.2. The molecule has 3 nitrogen and oxygen atoms in total. The largest absolute Gasteiger partial charge is 0.293 e. The molecule has 0 spiro atoms. The van der Waals surface area contributed by atoms with Crippen molar-refractivity contribution in [3.05, 3.63) is 107 Å². The van der Waals surface area contributed by atoms with E-state index in [1.54, 1.807) is 36.4 Å². The van der Waals surface area contributed by atoms with Gasteiger partial charge in [0.1, 0.15) is 0 Å². The summed E-state index contributed by atoms with van der Waals surface area (Å²) in [6.45, 7) is 1.95.